The molecule has 0 spiro atoms. The Hall–Kier alpha value is -10.4. The molecule has 0 fully saturated rings. The van der Waals surface area contributed by atoms with Crippen LogP contribution in [0.25, 0.3) is 123 Å². The van der Waals surface area contributed by atoms with Crippen LogP contribution in [0.5, 0.6) is 0 Å². The summed E-state index contributed by atoms with van der Waals surface area (Å²) < 4.78 is 4.48. The zero-order valence-electron chi connectivity index (χ0n) is 38.3. The first-order valence-electron chi connectivity index (χ1n) is 23.4. The number of hydrogen-bond donors (Lipinski definition) is 0. The summed E-state index contributed by atoms with van der Waals surface area (Å²) in [7, 11) is 0. The normalized spacial score (nSPS) is 11.3. The molecule has 10 heteroatoms. The van der Waals surface area contributed by atoms with E-state index in [0.29, 0.717) is 68.6 Å². The van der Waals surface area contributed by atoms with E-state index in [1.54, 1.807) is 0 Å². The second kappa shape index (κ2) is 17.3. The number of rotatable bonds is 8. The zero-order valence-corrected chi connectivity index (χ0v) is 38.3. The lowest BCUT2D eigenvalue weighted by Crippen LogP contribution is -2.07. The lowest BCUT2D eigenvalue weighted by molar-refractivity contribution is 1.06. The van der Waals surface area contributed by atoms with Crippen LogP contribution in [0.15, 0.2) is 218 Å². The summed E-state index contributed by atoms with van der Waals surface area (Å²) in [6.07, 6.45) is 0. The highest BCUT2D eigenvalue weighted by molar-refractivity contribution is 6.24. The maximum Gasteiger partial charge on any atom is 0.167 e. The predicted molar refractivity (Wildman–Crippen MR) is 284 cm³/mol. The lowest BCUT2D eigenvalue weighted by atomic mass is 10.0. The summed E-state index contributed by atoms with van der Waals surface area (Å²) in [4.78, 5) is 30.7. The number of aromatic nitrogens is 8. The van der Waals surface area contributed by atoms with Crippen LogP contribution in [0.2, 0.25) is 0 Å². The SMILES string of the molecule is N#Cc1cccc(-n2c3ccccc3c3ccc4c5ccccc5n(-c5cccc(C#N)c5-c5nc(-c6ccccc6)nc(-c6ccccc6)n5)c4c32)c1-c1nc(-c2ccccc2)nc(-c2ccccc2)n1. The van der Waals surface area contributed by atoms with Crippen LogP contribution in [-0.2, 0) is 0 Å². The number of para-hydroxylation sites is 2. The maximum atomic E-state index is 11.1. The van der Waals surface area contributed by atoms with E-state index in [9.17, 15) is 10.5 Å². The summed E-state index contributed by atoms with van der Waals surface area (Å²) in [6, 6.07) is 76.9. The molecule has 0 bridgehead atoms. The topological polar surface area (TPSA) is 135 Å². The molecular formula is C62H36N10. The summed E-state index contributed by atoms with van der Waals surface area (Å²) in [6.45, 7) is 0. The van der Waals surface area contributed by atoms with Gasteiger partial charge in [-0.05, 0) is 36.4 Å². The molecule has 4 aromatic heterocycles. The van der Waals surface area contributed by atoms with Gasteiger partial charge in [0.15, 0.2) is 34.9 Å². The Morgan fingerprint density at radius 2 is 0.583 bits per heavy atom. The van der Waals surface area contributed by atoms with Gasteiger partial charge in [-0.3, -0.25) is 0 Å². The van der Waals surface area contributed by atoms with E-state index in [1.165, 1.54) is 0 Å². The van der Waals surface area contributed by atoms with Crippen LogP contribution in [0, 0.1) is 22.7 Å². The molecule has 10 nitrogen and oxygen atoms in total. The van der Waals surface area contributed by atoms with E-state index >= 15 is 0 Å². The van der Waals surface area contributed by atoms with Crippen LogP contribution in [0.3, 0.4) is 0 Å². The van der Waals surface area contributed by atoms with Crippen LogP contribution in [0.4, 0.5) is 0 Å². The average Bonchev–Trinajstić information content (AvgIpc) is 3.99. The minimum Gasteiger partial charge on any atom is -0.306 e. The van der Waals surface area contributed by atoms with Gasteiger partial charge in [0.1, 0.15) is 0 Å². The molecule has 0 unspecified atom stereocenters. The highest BCUT2D eigenvalue weighted by Crippen LogP contribution is 2.45. The molecule has 0 atom stereocenters. The molecule has 0 saturated carbocycles. The molecule has 13 aromatic rings. The van der Waals surface area contributed by atoms with E-state index in [2.05, 4.69) is 57.7 Å². The van der Waals surface area contributed by atoms with Crippen molar-refractivity contribution in [1.82, 2.24) is 39.0 Å². The highest BCUT2D eigenvalue weighted by atomic mass is 15.1. The van der Waals surface area contributed by atoms with Gasteiger partial charge >= 0.3 is 0 Å². The molecule has 0 radical (unpaired) electrons. The molecule has 0 aliphatic carbocycles. The average molecular weight is 921 g/mol. The molecule has 0 aliphatic heterocycles. The van der Waals surface area contributed by atoms with E-state index in [-0.39, 0.29) is 0 Å². The number of benzene rings is 9. The van der Waals surface area contributed by atoms with Gasteiger partial charge in [0.2, 0.25) is 0 Å². The third-order valence-electron chi connectivity index (χ3n) is 13.1. The van der Waals surface area contributed by atoms with E-state index in [1.807, 2.05) is 182 Å². The van der Waals surface area contributed by atoms with Crippen LogP contribution < -0.4 is 0 Å². The molecule has 72 heavy (non-hydrogen) atoms. The Balaban J connectivity index is 1.15. The zero-order chi connectivity index (χ0) is 48.1. The lowest BCUT2D eigenvalue weighted by Gasteiger charge is -2.18. The van der Waals surface area contributed by atoms with Crippen molar-refractivity contribution < 1.29 is 0 Å². The third-order valence-corrected chi connectivity index (χ3v) is 13.1. The largest absolute Gasteiger partial charge is 0.306 e. The first-order valence-corrected chi connectivity index (χ1v) is 23.4. The highest BCUT2D eigenvalue weighted by Gasteiger charge is 2.27. The van der Waals surface area contributed by atoms with Crippen molar-refractivity contribution in [2.45, 2.75) is 0 Å². The Kier molecular flexibility index (Phi) is 10.0. The molecule has 4 heterocycles. The Morgan fingerprint density at radius 3 is 0.917 bits per heavy atom. The van der Waals surface area contributed by atoms with Crippen molar-refractivity contribution in [3.05, 3.63) is 230 Å². The summed E-state index contributed by atoms with van der Waals surface area (Å²) in [5, 5.41) is 26.1. The minimum absolute atomic E-state index is 0.357. The van der Waals surface area contributed by atoms with Crippen LogP contribution >= 0.6 is 0 Å². The van der Waals surface area contributed by atoms with Crippen molar-refractivity contribution in [2.24, 2.45) is 0 Å². The number of fused-ring (bicyclic) bond motifs is 7. The number of hydrogen-bond acceptors (Lipinski definition) is 8. The fourth-order valence-corrected chi connectivity index (χ4v) is 9.95. The molecule has 0 amide bonds. The standard InChI is InChI=1S/C62H36N10/c63-37-43-27-17-33-51(53(43)61-67-57(39-19-5-1-6-20-39)65-58(68-61)40-21-7-2-8-22-40)71-49-31-15-13-29-45(49)47-35-36-48-46-30-14-16-32-50(46)72(56(48)55(47)71)52-34-18-28-44(38-64)54(52)62-69-59(41-23-9-3-10-24-41)66-60(70-62)42-25-11-4-12-26-42/h1-36H. The van der Waals surface area contributed by atoms with Crippen molar-refractivity contribution in [1.29, 1.82) is 10.5 Å². The van der Waals surface area contributed by atoms with E-state index in [4.69, 9.17) is 29.9 Å². The maximum absolute atomic E-state index is 11.1. The first kappa shape index (κ1) is 41.7. The van der Waals surface area contributed by atoms with Gasteiger partial charge in [0, 0.05) is 43.8 Å². The van der Waals surface area contributed by atoms with Gasteiger partial charge in [0.05, 0.1) is 67.8 Å². The minimum atomic E-state index is 0.357. The van der Waals surface area contributed by atoms with Gasteiger partial charge in [0.25, 0.3) is 0 Å². The molecule has 0 N–H and O–H groups in total. The van der Waals surface area contributed by atoms with Crippen molar-refractivity contribution in [2.75, 3.05) is 0 Å². The summed E-state index contributed by atoms with van der Waals surface area (Å²) in [5.74, 6) is 2.65. The molecule has 0 aliphatic rings. The second-order valence-electron chi connectivity index (χ2n) is 17.3. The quantitative estimate of drug-likeness (QED) is 0.147. The molecule has 0 saturated heterocycles. The Labute approximate surface area is 412 Å². The monoisotopic (exact) mass is 920 g/mol. The van der Waals surface area contributed by atoms with Crippen molar-refractivity contribution in [3.63, 3.8) is 0 Å². The van der Waals surface area contributed by atoms with E-state index < -0.39 is 0 Å². The van der Waals surface area contributed by atoms with Crippen molar-refractivity contribution >= 4 is 43.6 Å². The van der Waals surface area contributed by atoms with Crippen molar-refractivity contribution in [3.8, 4) is 91.8 Å². The summed E-state index contributed by atoms with van der Waals surface area (Å²) in [5.41, 5.74) is 10.2. The molecule has 334 valence electrons. The first-order chi connectivity index (χ1) is 35.6. The Morgan fingerprint density at radius 1 is 0.278 bits per heavy atom. The Bertz CT molecular complexity index is 3950. The fraction of sp³-hybridized carbons (Fsp3) is 0. The van der Waals surface area contributed by atoms with Gasteiger partial charge in [-0.15, -0.1) is 0 Å². The molecular weight excluding hydrogens is 885 g/mol. The van der Waals surface area contributed by atoms with Crippen LogP contribution in [0.1, 0.15) is 11.1 Å². The molecule has 13 rings (SSSR count). The molecule has 9 aromatic carbocycles. The number of nitrogens with zero attached hydrogens (tertiary/aromatic N) is 10. The predicted octanol–water partition coefficient (Wildman–Crippen LogP) is 14.0. The third kappa shape index (κ3) is 6.86. The number of nitriles is 2. The van der Waals surface area contributed by atoms with Gasteiger partial charge in [-0.2, -0.15) is 10.5 Å². The smallest absolute Gasteiger partial charge is 0.167 e. The van der Waals surface area contributed by atoms with Gasteiger partial charge in [-0.25, -0.2) is 29.9 Å². The van der Waals surface area contributed by atoms with E-state index in [0.717, 1.165) is 65.9 Å². The second-order valence-corrected chi connectivity index (χ2v) is 17.3. The summed E-state index contributed by atoms with van der Waals surface area (Å²) >= 11 is 0. The van der Waals surface area contributed by atoms with Gasteiger partial charge < -0.3 is 9.13 Å². The van der Waals surface area contributed by atoms with Gasteiger partial charge in [-0.1, -0.05) is 182 Å². The van der Waals surface area contributed by atoms with Crippen LogP contribution in [-0.4, -0.2) is 39.0 Å². The fourth-order valence-electron chi connectivity index (χ4n) is 9.95.